The fraction of sp³-hybridized carbons (Fsp3) is 0.312. The molecule has 0 bridgehead atoms. The van der Waals surface area contributed by atoms with Gasteiger partial charge in [0.2, 0.25) is 5.91 Å². The van der Waals surface area contributed by atoms with Gasteiger partial charge in [0.25, 0.3) is 5.91 Å². The van der Waals surface area contributed by atoms with Crippen molar-refractivity contribution in [3.05, 3.63) is 53.9 Å². The fourth-order valence-electron chi connectivity index (χ4n) is 2.10. The molecule has 128 valence electrons. The molecule has 1 heterocycles. The maximum atomic E-state index is 13.4. The Bertz CT molecular complexity index is 669. The number of aryl methyl sites for hydroxylation is 1. The van der Waals surface area contributed by atoms with Crippen molar-refractivity contribution in [1.29, 1.82) is 0 Å². The van der Waals surface area contributed by atoms with Crippen LogP contribution in [0.15, 0.2) is 36.7 Å². The van der Waals surface area contributed by atoms with E-state index in [9.17, 15) is 18.4 Å². The Morgan fingerprint density at radius 3 is 2.46 bits per heavy atom. The van der Waals surface area contributed by atoms with E-state index in [-0.39, 0.29) is 19.0 Å². The molecule has 2 amide bonds. The summed E-state index contributed by atoms with van der Waals surface area (Å²) in [4.78, 5) is 23.3. The quantitative estimate of drug-likeness (QED) is 0.717. The van der Waals surface area contributed by atoms with Gasteiger partial charge >= 0.3 is 0 Å². The number of hydrogen-bond donors (Lipinski definition) is 2. The van der Waals surface area contributed by atoms with Crippen LogP contribution < -0.4 is 10.6 Å². The van der Waals surface area contributed by atoms with E-state index in [0.717, 1.165) is 12.1 Å². The van der Waals surface area contributed by atoms with E-state index in [2.05, 4.69) is 15.7 Å². The highest BCUT2D eigenvalue weighted by atomic mass is 19.1. The van der Waals surface area contributed by atoms with E-state index >= 15 is 0 Å². The maximum Gasteiger partial charge on any atom is 0.257 e. The molecule has 0 spiro atoms. The molecule has 1 aromatic carbocycles. The molecule has 0 radical (unpaired) electrons. The number of carbonyl (C=O) groups excluding carboxylic acids is 2. The number of nitrogens with one attached hydrogen (secondary N) is 2. The predicted octanol–water partition coefficient (Wildman–Crippen LogP) is 1.49. The third-order valence-corrected chi connectivity index (χ3v) is 3.27. The van der Waals surface area contributed by atoms with Crippen LogP contribution in [0.5, 0.6) is 0 Å². The van der Waals surface area contributed by atoms with Gasteiger partial charge in [0, 0.05) is 38.4 Å². The lowest BCUT2D eigenvalue weighted by atomic mass is 10.2. The summed E-state index contributed by atoms with van der Waals surface area (Å²) < 4.78 is 28.6. The molecule has 0 aliphatic heterocycles. The summed E-state index contributed by atoms with van der Waals surface area (Å²) in [7, 11) is 0. The van der Waals surface area contributed by atoms with Gasteiger partial charge in [-0.3, -0.25) is 14.3 Å². The SMILES string of the molecule is O=C(CCCn1cccn1)NCCNC(=O)c1c(F)cccc1F. The minimum absolute atomic E-state index is 0.0809. The number of hydrogen-bond acceptors (Lipinski definition) is 3. The van der Waals surface area contributed by atoms with Crippen molar-refractivity contribution in [2.75, 3.05) is 13.1 Å². The normalized spacial score (nSPS) is 10.4. The molecule has 0 aliphatic rings. The zero-order chi connectivity index (χ0) is 17.4. The summed E-state index contributed by atoms with van der Waals surface area (Å²) in [6, 6.07) is 5.02. The van der Waals surface area contributed by atoms with E-state index in [1.54, 1.807) is 16.9 Å². The molecule has 0 unspecified atom stereocenters. The number of halogens is 2. The van der Waals surface area contributed by atoms with Crippen molar-refractivity contribution in [2.24, 2.45) is 0 Å². The first-order valence-electron chi connectivity index (χ1n) is 7.54. The third kappa shape index (κ3) is 5.15. The van der Waals surface area contributed by atoms with Crippen LogP contribution in [-0.4, -0.2) is 34.7 Å². The first-order chi connectivity index (χ1) is 11.6. The lowest BCUT2D eigenvalue weighted by molar-refractivity contribution is -0.121. The van der Waals surface area contributed by atoms with E-state index in [1.807, 2.05) is 6.20 Å². The Morgan fingerprint density at radius 1 is 1.08 bits per heavy atom. The number of benzene rings is 1. The number of carbonyl (C=O) groups is 2. The Hall–Kier alpha value is -2.77. The fourth-order valence-corrected chi connectivity index (χ4v) is 2.10. The summed E-state index contributed by atoms with van der Waals surface area (Å²) >= 11 is 0. The van der Waals surface area contributed by atoms with E-state index in [1.165, 1.54) is 6.07 Å². The van der Waals surface area contributed by atoms with Crippen molar-refractivity contribution in [1.82, 2.24) is 20.4 Å². The monoisotopic (exact) mass is 336 g/mol. The van der Waals surface area contributed by atoms with E-state index in [0.29, 0.717) is 19.4 Å². The molecule has 0 atom stereocenters. The molecule has 0 saturated heterocycles. The third-order valence-electron chi connectivity index (χ3n) is 3.27. The van der Waals surface area contributed by atoms with Crippen molar-refractivity contribution in [3.8, 4) is 0 Å². The van der Waals surface area contributed by atoms with Crippen LogP contribution in [0.3, 0.4) is 0 Å². The topological polar surface area (TPSA) is 76.0 Å². The van der Waals surface area contributed by atoms with Gasteiger partial charge in [-0.2, -0.15) is 5.10 Å². The van der Waals surface area contributed by atoms with Crippen molar-refractivity contribution in [2.45, 2.75) is 19.4 Å². The molecule has 2 N–H and O–H groups in total. The Labute approximate surface area is 137 Å². The van der Waals surface area contributed by atoms with Gasteiger partial charge in [-0.25, -0.2) is 8.78 Å². The standard InChI is InChI=1S/C16H18F2N4O2/c17-12-4-1-5-13(18)15(12)16(24)20-9-8-19-14(23)6-2-10-22-11-3-7-21-22/h1,3-5,7,11H,2,6,8-10H2,(H,19,23)(H,20,24). The van der Waals surface area contributed by atoms with Crippen LogP contribution in [0, 0.1) is 11.6 Å². The van der Waals surface area contributed by atoms with Crippen molar-refractivity contribution < 1.29 is 18.4 Å². The zero-order valence-corrected chi connectivity index (χ0v) is 13.0. The number of aromatic nitrogens is 2. The molecule has 6 nitrogen and oxygen atoms in total. The first-order valence-corrected chi connectivity index (χ1v) is 7.54. The lowest BCUT2D eigenvalue weighted by Crippen LogP contribution is -2.35. The van der Waals surface area contributed by atoms with Crippen LogP contribution in [0.25, 0.3) is 0 Å². The highest BCUT2D eigenvalue weighted by Gasteiger charge is 2.16. The van der Waals surface area contributed by atoms with Crippen molar-refractivity contribution >= 4 is 11.8 Å². The molecule has 2 rings (SSSR count). The summed E-state index contributed by atoms with van der Waals surface area (Å²) in [5, 5.41) is 9.02. The highest BCUT2D eigenvalue weighted by Crippen LogP contribution is 2.11. The average Bonchev–Trinajstić information content (AvgIpc) is 3.05. The van der Waals surface area contributed by atoms with Crippen molar-refractivity contribution in [3.63, 3.8) is 0 Å². The van der Waals surface area contributed by atoms with Gasteiger partial charge in [0.05, 0.1) is 0 Å². The second-order valence-corrected chi connectivity index (χ2v) is 5.08. The van der Waals surface area contributed by atoms with Gasteiger partial charge in [-0.05, 0) is 24.6 Å². The lowest BCUT2D eigenvalue weighted by Gasteiger charge is -2.08. The largest absolute Gasteiger partial charge is 0.354 e. The van der Waals surface area contributed by atoms with E-state index < -0.39 is 23.1 Å². The molecule has 0 fully saturated rings. The van der Waals surface area contributed by atoms with Crippen LogP contribution in [0.4, 0.5) is 8.78 Å². The number of amides is 2. The summed E-state index contributed by atoms with van der Waals surface area (Å²) in [6.45, 7) is 0.906. The second kappa shape index (κ2) is 8.76. The summed E-state index contributed by atoms with van der Waals surface area (Å²) in [5.74, 6) is -2.85. The minimum Gasteiger partial charge on any atom is -0.354 e. The Morgan fingerprint density at radius 2 is 1.79 bits per heavy atom. The Kier molecular flexibility index (Phi) is 6.41. The average molecular weight is 336 g/mol. The van der Waals surface area contributed by atoms with Gasteiger partial charge in [0.15, 0.2) is 0 Å². The maximum absolute atomic E-state index is 13.4. The zero-order valence-electron chi connectivity index (χ0n) is 13.0. The molecular weight excluding hydrogens is 318 g/mol. The number of nitrogens with zero attached hydrogens (tertiary/aromatic N) is 2. The first kappa shape index (κ1) is 17.6. The molecule has 24 heavy (non-hydrogen) atoms. The van der Waals surface area contributed by atoms with Gasteiger partial charge in [-0.15, -0.1) is 0 Å². The molecule has 8 heteroatoms. The van der Waals surface area contributed by atoms with Crippen LogP contribution in [-0.2, 0) is 11.3 Å². The van der Waals surface area contributed by atoms with Gasteiger partial charge < -0.3 is 10.6 Å². The van der Waals surface area contributed by atoms with Gasteiger partial charge in [-0.1, -0.05) is 6.07 Å². The number of rotatable bonds is 8. The molecular formula is C16H18F2N4O2. The van der Waals surface area contributed by atoms with E-state index in [4.69, 9.17) is 0 Å². The smallest absolute Gasteiger partial charge is 0.257 e. The molecule has 0 aliphatic carbocycles. The summed E-state index contributed by atoms with van der Waals surface area (Å²) in [6.07, 6.45) is 4.45. The minimum atomic E-state index is -0.921. The molecule has 0 saturated carbocycles. The van der Waals surface area contributed by atoms with Crippen LogP contribution in [0.2, 0.25) is 0 Å². The van der Waals surface area contributed by atoms with Crippen LogP contribution >= 0.6 is 0 Å². The van der Waals surface area contributed by atoms with Crippen LogP contribution in [0.1, 0.15) is 23.2 Å². The Balaban J connectivity index is 1.63. The second-order valence-electron chi connectivity index (χ2n) is 5.08. The van der Waals surface area contributed by atoms with Gasteiger partial charge in [0.1, 0.15) is 17.2 Å². The summed E-state index contributed by atoms with van der Waals surface area (Å²) in [5.41, 5.74) is -0.622. The molecule has 1 aromatic heterocycles. The predicted molar refractivity (Wildman–Crippen MR) is 83.2 cm³/mol. The highest BCUT2D eigenvalue weighted by molar-refractivity contribution is 5.94. The molecule has 2 aromatic rings.